The van der Waals surface area contributed by atoms with Crippen LogP contribution in [0, 0.1) is 0 Å². The van der Waals surface area contributed by atoms with Crippen LogP contribution in [0.1, 0.15) is 33.4 Å². The van der Waals surface area contributed by atoms with Gasteiger partial charge in [0.25, 0.3) is 11.8 Å². The Hall–Kier alpha value is -5.10. The second-order valence-electron chi connectivity index (χ2n) is 7.55. The van der Waals surface area contributed by atoms with Crippen molar-refractivity contribution in [2.45, 2.75) is 0 Å². The zero-order chi connectivity index (χ0) is 25.6. The molecular weight excluding hydrogens is 448 g/mol. The molecular formula is C30H26N4O2. The second-order valence-corrected chi connectivity index (χ2v) is 7.55. The van der Waals surface area contributed by atoms with Gasteiger partial charge in [-0.05, 0) is 57.7 Å². The maximum Gasteiger partial charge on any atom is 0.264 e. The largest absolute Gasteiger partial charge is 0.268 e. The fourth-order valence-corrected chi connectivity index (χ4v) is 3.01. The van der Waals surface area contributed by atoms with E-state index in [9.17, 15) is 9.59 Å². The first kappa shape index (κ1) is 25.5. The van der Waals surface area contributed by atoms with Gasteiger partial charge < -0.3 is 0 Å². The van der Waals surface area contributed by atoms with E-state index < -0.39 is 0 Å². The molecule has 0 saturated carbocycles. The van der Waals surface area contributed by atoms with Crippen molar-refractivity contribution < 1.29 is 9.59 Å². The molecule has 0 radical (unpaired) electrons. The van der Waals surface area contributed by atoms with Crippen LogP contribution in [0.3, 0.4) is 0 Å². The van der Waals surface area contributed by atoms with E-state index in [-0.39, 0.29) is 11.8 Å². The van der Waals surface area contributed by atoms with Crippen LogP contribution in [0.15, 0.2) is 108 Å². The average molecular weight is 475 g/mol. The standard InChI is InChI=1S/C30H26N4O2/c1-3-23-7-5-9-27(19-23)21-31-33-29(35)17-15-25-11-13-26(14-12-25)16-18-30(36)34-32-22-28-10-6-8-24(4-2)20-28/h3-22H,1-2H2,(H,33,35)(H,34,36)/b17-15+,18-16+,31-21+,32-22+. The van der Waals surface area contributed by atoms with Crippen molar-refractivity contribution in [2.75, 3.05) is 0 Å². The van der Waals surface area contributed by atoms with E-state index in [0.29, 0.717) is 0 Å². The monoisotopic (exact) mass is 474 g/mol. The third-order valence-corrected chi connectivity index (χ3v) is 4.86. The van der Waals surface area contributed by atoms with Crippen molar-refractivity contribution in [2.24, 2.45) is 10.2 Å². The summed E-state index contributed by atoms with van der Waals surface area (Å²) in [5.74, 6) is -0.688. The first-order valence-corrected chi connectivity index (χ1v) is 11.1. The summed E-state index contributed by atoms with van der Waals surface area (Å²) in [6.07, 6.45) is 12.8. The van der Waals surface area contributed by atoms with Crippen LogP contribution in [0.25, 0.3) is 24.3 Å². The second kappa shape index (κ2) is 13.6. The molecule has 0 aliphatic heterocycles. The predicted octanol–water partition coefficient (Wildman–Crippen LogP) is 5.30. The van der Waals surface area contributed by atoms with Crippen molar-refractivity contribution in [1.82, 2.24) is 10.9 Å². The van der Waals surface area contributed by atoms with E-state index in [1.165, 1.54) is 12.2 Å². The molecule has 0 spiro atoms. The molecule has 3 aromatic carbocycles. The lowest BCUT2D eigenvalue weighted by atomic mass is 10.1. The number of nitrogens with zero attached hydrogens (tertiary/aromatic N) is 2. The summed E-state index contributed by atoms with van der Waals surface area (Å²) in [6, 6.07) is 22.6. The quantitative estimate of drug-likeness (QED) is 0.237. The fraction of sp³-hybridized carbons (Fsp3) is 0. The highest BCUT2D eigenvalue weighted by atomic mass is 16.2. The van der Waals surface area contributed by atoms with Crippen LogP contribution >= 0.6 is 0 Å². The molecule has 0 aliphatic carbocycles. The zero-order valence-electron chi connectivity index (χ0n) is 19.7. The molecule has 3 aromatic rings. The molecule has 6 nitrogen and oxygen atoms in total. The predicted molar refractivity (Wildman–Crippen MR) is 149 cm³/mol. The lowest BCUT2D eigenvalue weighted by Gasteiger charge is -1.98. The number of hydrogen-bond donors (Lipinski definition) is 2. The van der Waals surface area contributed by atoms with Gasteiger partial charge in [0.1, 0.15) is 0 Å². The average Bonchev–Trinajstić information content (AvgIpc) is 2.91. The Bertz CT molecular complexity index is 1240. The van der Waals surface area contributed by atoms with Gasteiger partial charge >= 0.3 is 0 Å². The van der Waals surface area contributed by atoms with Crippen molar-refractivity contribution in [3.05, 3.63) is 131 Å². The molecule has 0 bridgehead atoms. The Balaban J connectivity index is 1.46. The Morgan fingerprint density at radius 1 is 0.583 bits per heavy atom. The van der Waals surface area contributed by atoms with Gasteiger partial charge in [-0.1, -0.05) is 86.0 Å². The highest BCUT2D eigenvalue weighted by Gasteiger charge is 1.96. The molecule has 36 heavy (non-hydrogen) atoms. The minimum Gasteiger partial charge on any atom is -0.268 e. The summed E-state index contributed by atoms with van der Waals surface area (Å²) in [4.78, 5) is 24.0. The van der Waals surface area contributed by atoms with Crippen molar-refractivity contribution >= 4 is 48.5 Å². The van der Waals surface area contributed by atoms with Crippen LogP contribution in [0.2, 0.25) is 0 Å². The molecule has 2 N–H and O–H groups in total. The molecule has 0 atom stereocenters. The number of amides is 2. The van der Waals surface area contributed by atoms with E-state index in [4.69, 9.17) is 0 Å². The molecule has 0 fully saturated rings. The minimum atomic E-state index is -0.344. The molecule has 0 aliphatic rings. The van der Waals surface area contributed by atoms with E-state index in [0.717, 1.165) is 33.4 Å². The molecule has 0 heterocycles. The van der Waals surface area contributed by atoms with Crippen molar-refractivity contribution in [1.29, 1.82) is 0 Å². The van der Waals surface area contributed by atoms with Gasteiger partial charge in [0.2, 0.25) is 0 Å². The first-order valence-electron chi connectivity index (χ1n) is 11.1. The van der Waals surface area contributed by atoms with Gasteiger partial charge in [0, 0.05) is 12.2 Å². The van der Waals surface area contributed by atoms with Crippen molar-refractivity contribution in [3.8, 4) is 0 Å². The van der Waals surface area contributed by atoms with E-state index >= 15 is 0 Å². The molecule has 2 amide bonds. The highest BCUT2D eigenvalue weighted by Crippen LogP contribution is 2.08. The van der Waals surface area contributed by atoms with Crippen LogP contribution in [-0.4, -0.2) is 24.2 Å². The molecule has 0 saturated heterocycles. The van der Waals surface area contributed by atoms with Gasteiger partial charge in [0.05, 0.1) is 12.4 Å². The Morgan fingerprint density at radius 2 is 0.972 bits per heavy atom. The Labute approximate surface area is 210 Å². The summed E-state index contributed by atoms with van der Waals surface area (Å²) >= 11 is 0. The number of nitrogens with one attached hydrogen (secondary N) is 2. The molecule has 3 rings (SSSR count). The van der Waals surface area contributed by atoms with E-state index in [1.54, 1.807) is 36.7 Å². The summed E-state index contributed by atoms with van der Waals surface area (Å²) in [5, 5.41) is 7.92. The first-order chi connectivity index (χ1) is 17.6. The third kappa shape index (κ3) is 8.68. The summed E-state index contributed by atoms with van der Waals surface area (Å²) in [6.45, 7) is 7.46. The normalized spacial score (nSPS) is 11.3. The maximum absolute atomic E-state index is 12.0. The van der Waals surface area contributed by atoms with Gasteiger partial charge in [-0.25, -0.2) is 10.9 Å². The smallest absolute Gasteiger partial charge is 0.264 e. The topological polar surface area (TPSA) is 82.9 Å². The van der Waals surface area contributed by atoms with E-state index in [2.05, 4.69) is 34.2 Å². The number of carbonyl (C=O) groups excluding carboxylic acids is 2. The van der Waals surface area contributed by atoms with Crippen LogP contribution in [0.5, 0.6) is 0 Å². The van der Waals surface area contributed by atoms with Crippen molar-refractivity contribution in [3.63, 3.8) is 0 Å². The van der Waals surface area contributed by atoms with Gasteiger partial charge in [-0.2, -0.15) is 10.2 Å². The Kier molecular flexibility index (Phi) is 9.62. The highest BCUT2D eigenvalue weighted by molar-refractivity contribution is 5.93. The van der Waals surface area contributed by atoms with Gasteiger partial charge in [0.15, 0.2) is 0 Å². The molecule has 0 aromatic heterocycles. The van der Waals surface area contributed by atoms with Gasteiger partial charge in [-0.3, -0.25) is 9.59 Å². The number of rotatable bonds is 10. The maximum atomic E-state index is 12.0. The summed E-state index contributed by atoms with van der Waals surface area (Å²) in [7, 11) is 0. The van der Waals surface area contributed by atoms with E-state index in [1.807, 2.05) is 72.8 Å². The van der Waals surface area contributed by atoms with Crippen LogP contribution < -0.4 is 10.9 Å². The molecule has 178 valence electrons. The SMILES string of the molecule is C=Cc1cccc(/C=N/NC(=O)/C=C/c2ccc(/C=C/C(=O)N/N=C/c3cccc(C=C)c3)cc2)c1. The van der Waals surface area contributed by atoms with Gasteiger partial charge in [-0.15, -0.1) is 0 Å². The fourth-order valence-electron chi connectivity index (χ4n) is 3.01. The lowest BCUT2D eigenvalue weighted by Crippen LogP contribution is -2.14. The summed E-state index contributed by atoms with van der Waals surface area (Å²) < 4.78 is 0. The molecule has 6 heteroatoms. The number of hydrazone groups is 2. The number of hydrogen-bond acceptors (Lipinski definition) is 4. The number of benzene rings is 3. The molecule has 0 unspecified atom stereocenters. The lowest BCUT2D eigenvalue weighted by molar-refractivity contribution is -0.117. The van der Waals surface area contributed by atoms with Crippen LogP contribution in [0.4, 0.5) is 0 Å². The number of carbonyl (C=O) groups is 2. The third-order valence-electron chi connectivity index (χ3n) is 4.86. The Morgan fingerprint density at radius 3 is 1.36 bits per heavy atom. The van der Waals surface area contributed by atoms with Crippen LogP contribution in [-0.2, 0) is 9.59 Å². The summed E-state index contributed by atoms with van der Waals surface area (Å²) in [5.41, 5.74) is 10.3. The minimum absolute atomic E-state index is 0.344. The zero-order valence-corrected chi connectivity index (χ0v) is 19.7.